The van der Waals surface area contributed by atoms with Gasteiger partial charge in [0.25, 0.3) is 0 Å². The largest absolute Gasteiger partial charge is 0.508 e. The highest BCUT2D eigenvalue weighted by atomic mass is 33.1. The number of carbonyl (C=O) groups is 1. The van der Waals surface area contributed by atoms with Gasteiger partial charge in [0.1, 0.15) is 18.3 Å². The van der Waals surface area contributed by atoms with Crippen molar-refractivity contribution in [2.45, 2.75) is 87.2 Å². The number of aliphatic hydroxyl groups is 3. The van der Waals surface area contributed by atoms with Gasteiger partial charge in [0.05, 0.1) is 24.2 Å². The van der Waals surface area contributed by atoms with Crippen molar-refractivity contribution >= 4 is 38.1 Å². The maximum Gasteiger partial charge on any atom is 0.167 e. The van der Waals surface area contributed by atoms with Gasteiger partial charge in [-0.2, -0.15) is 0 Å². The van der Waals surface area contributed by atoms with Gasteiger partial charge in [-0.3, -0.25) is 10.1 Å². The van der Waals surface area contributed by atoms with Gasteiger partial charge in [-0.1, -0.05) is 76.2 Å². The van der Waals surface area contributed by atoms with E-state index in [1.165, 1.54) is 7.11 Å². The second kappa shape index (κ2) is 21.6. The molecule has 5 aromatic carbocycles. The molecular formula is C54H63N3O9S2. The lowest BCUT2D eigenvalue weighted by Crippen LogP contribution is -2.41. The Kier molecular flexibility index (Phi) is 15.7. The van der Waals surface area contributed by atoms with Crippen molar-refractivity contribution in [2.24, 2.45) is 5.92 Å². The second-order valence-corrected chi connectivity index (χ2v) is 21.3. The van der Waals surface area contributed by atoms with Crippen molar-refractivity contribution in [2.75, 3.05) is 39.8 Å². The van der Waals surface area contributed by atoms with Gasteiger partial charge in [0.2, 0.25) is 0 Å². The highest BCUT2D eigenvalue weighted by Gasteiger charge is 2.46. The predicted molar refractivity (Wildman–Crippen MR) is 270 cm³/mol. The van der Waals surface area contributed by atoms with E-state index in [1.807, 2.05) is 61.9 Å². The molecule has 0 radical (unpaired) electrons. The topological polar surface area (TPSA) is 197 Å². The molecule has 5 atom stereocenters. The van der Waals surface area contributed by atoms with Gasteiger partial charge in [0, 0.05) is 67.1 Å². The number of benzene rings is 5. The molecule has 0 saturated heterocycles. The Morgan fingerprint density at radius 2 is 1.76 bits per heavy atom. The molecule has 68 heavy (non-hydrogen) atoms. The van der Waals surface area contributed by atoms with Crippen LogP contribution in [0.2, 0.25) is 0 Å². The van der Waals surface area contributed by atoms with Crippen LogP contribution in [0.3, 0.4) is 0 Å². The first-order valence-corrected chi connectivity index (χ1v) is 25.7. The van der Waals surface area contributed by atoms with Crippen molar-refractivity contribution in [1.82, 2.24) is 15.6 Å². The highest BCUT2D eigenvalue weighted by Crippen LogP contribution is 2.55. The molecule has 1 aliphatic carbocycles. The van der Waals surface area contributed by atoms with Crippen LogP contribution < -0.4 is 20.1 Å². The maximum atomic E-state index is 15.8. The summed E-state index contributed by atoms with van der Waals surface area (Å²) in [6.45, 7) is 2.59. The first-order chi connectivity index (χ1) is 32.8. The van der Waals surface area contributed by atoms with Crippen LogP contribution in [0.15, 0.2) is 97.3 Å². The van der Waals surface area contributed by atoms with E-state index in [1.54, 1.807) is 52.8 Å². The number of β-amino-alcohol motifs (C(OH)–C–C–N with tert-alkyl or cyclic N) is 1. The number of H-pyrrole nitrogens is 1. The van der Waals surface area contributed by atoms with Gasteiger partial charge in [-0.05, 0) is 138 Å². The smallest absolute Gasteiger partial charge is 0.167 e. The van der Waals surface area contributed by atoms with E-state index >= 15 is 4.79 Å². The molecule has 6 aromatic rings. The molecule has 0 fully saturated rings. The molecule has 0 saturated carbocycles. The molecule has 1 aromatic heterocycles. The van der Waals surface area contributed by atoms with E-state index in [9.17, 15) is 30.6 Å². The average Bonchev–Trinajstić information content (AvgIpc) is 3.76. The normalized spacial score (nSPS) is 20.6. The number of carbonyl (C=O) groups excluding carboxylic acids is 1. The van der Waals surface area contributed by atoms with E-state index in [2.05, 4.69) is 33.8 Å². The lowest BCUT2D eigenvalue weighted by Gasteiger charge is -2.35. The number of ketones is 1. The van der Waals surface area contributed by atoms with Crippen LogP contribution in [0.5, 0.6) is 28.7 Å². The summed E-state index contributed by atoms with van der Waals surface area (Å²) in [6.07, 6.45) is 5.19. The number of methoxy groups -OCH3 is 1. The van der Waals surface area contributed by atoms with Crippen LogP contribution in [0, 0.1) is 5.92 Å². The van der Waals surface area contributed by atoms with E-state index in [4.69, 9.17) is 9.47 Å². The Morgan fingerprint density at radius 3 is 2.51 bits per heavy atom. The first-order valence-electron chi connectivity index (χ1n) is 23.3. The van der Waals surface area contributed by atoms with E-state index in [0.29, 0.717) is 74.4 Å². The SMILES string of the molecule is CNCc1cc(O)cc(C2(C(=O)CC(O)C(Cc3cc[nH]c3)Cc3ccc(O)c(OC)c3Cc3cccc4cccc(CCO)c34)CCC3SSCC(C)(O)CNCOc4c(O)ccc(c43)C2)c1. The summed E-state index contributed by atoms with van der Waals surface area (Å²) in [5.74, 6) is 0.481. The lowest BCUT2D eigenvalue weighted by molar-refractivity contribution is -0.127. The molecule has 9 N–H and O–H groups in total. The summed E-state index contributed by atoms with van der Waals surface area (Å²) in [5, 5.41) is 75.7. The van der Waals surface area contributed by atoms with Gasteiger partial charge >= 0.3 is 0 Å². The number of aromatic nitrogens is 1. The summed E-state index contributed by atoms with van der Waals surface area (Å²) in [6, 6.07) is 26.5. The van der Waals surface area contributed by atoms with Crippen molar-refractivity contribution in [1.29, 1.82) is 0 Å². The number of nitrogens with one attached hydrogen (secondary N) is 3. The zero-order valence-corrected chi connectivity index (χ0v) is 40.5. The maximum absolute atomic E-state index is 15.8. The van der Waals surface area contributed by atoms with Gasteiger partial charge in [-0.25, -0.2) is 0 Å². The molecule has 2 aliphatic rings. The monoisotopic (exact) mass is 961 g/mol. The van der Waals surface area contributed by atoms with Crippen LogP contribution in [0.4, 0.5) is 0 Å². The number of hydrogen-bond acceptors (Lipinski definition) is 13. The van der Waals surface area contributed by atoms with E-state index in [-0.39, 0.29) is 54.5 Å². The van der Waals surface area contributed by atoms with Crippen LogP contribution >= 0.6 is 21.6 Å². The summed E-state index contributed by atoms with van der Waals surface area (Å²) in [4.78, 5) is 18.9. The fourth-order valence-corrected chi connectivity index (χ4v) is 13.6. The van der Waals surface area contributed by atoms with Crippen molar-refractivity contribution in [3.63, 3.8) is 0 Å². The molecule has 2 heterocycles. The third-order valence-corrected chi connectivity index (χ3v) is 16.7. The van der Waals surface area contributed by atoms with E-state index in [0.717, 1.165) is 55.3 Å². The van der Waals surface area contributed by atoms with Crippen LogP contribution in [0.25, 0.3) is 10.8 Å². The fraction of sp³-hybridized carbons (Fsp3) is 0.389. The lowest BCUT2D eigenvalue weighted by atomic mass is 9.68. The zero-order chi connectivity index (χ0) is 48.0. The minimum absolute atomic E-state index is 0.00145. The molecule has 360 valence electrons. The van der Waals surface area contributed by atoms with E-state index < -0.39 is 23.0 Å². The number of aliphatic hydroxyl groups excluding tert-OH is 2. The van der Waals surface area contributed by atoms with Crippen molar-refractivity contribution in [3.8, 4) is 28.7 Å². The highest BCUT2D eigenvalue weighted by molar-refractivity contribution is 8.76. The first kappa shape index (κ1) is 49.2. The van der Waals surface area contributed by atoms with Gasteiger partial charge < -0.3 is 50.4 Å². The number of phenolic OH excluding ortho intramolecular Hbond substituents is 3. The summed E-state index contributed by atoms with van der Waals surface area (Å²) in [7, 11) is 6.50. The Morgan fingerprint density at radius 1 is 0.971 bits per heavy atom. The van der Waals surface area contributed by atoms with Crippen LogP contribution in [0.1, 0.15) is 81.5 Å². The quantitative estimate of drug-likeness (QED) is 0.0425. The van der Waals surface area contributed by atoms with Crippen molar-refractivity contribution in [3.05, 3.63) is 147 Å². The molecule has 0 bridgehead atoms. The molecule has 0 amide bonds. The summed E-state index contributed by atoms with van der Waals surface area (Å²) in [5.41, 5.74) is 5.45. The molecule has 5 unspecified atom stereocenters. The number of Topliss-reactive ketones (excluding diaryl/α,β-unsaturated/α-hetero) is 1. The summed E-state index contributed by atoms with van der Waals surface area (Å²) >= 11 is 0. The average molecular weight is 962 g/mol. The number of rotatable bonds is 16. The Bertz CT molecular complexity index is 2710. The number of phenols is 3. The number of hydrogen-bond donors (Lipinski definition) is 9. The molecular weight excluding hydrogens is 899 g/mol. The predicted octanol–water partition coefficient (Wildman–Crippen LogP) is 7.95. The molecule has 8 rings (SSSR count). The minimum atomic E-state index is -1.21. The molecule has 12 nitrogen and oxygen atoms in total. The molecule has 14 heteroatoms. The third-order valence-electron chi connectivity index (χ3n) is 13.7. The second-order valence-electron chi connectivity index (χ2n) is 18.7. The number of ether oxygens (including phenoxy) is 2. The molecule has 1 aliphatic heterocycles. The number of fused-ring (bicyclic) bond motifs is 1. The zero-order valence-electron chi connectivity index (χ0n) is 38.9. The number of aromatic hydroxyl groups is 3. The van der Waals surface area contributed by atoms with Gasteiger partial charge in [-0.15, -0.1) is 0 Å². The molecule has 0 spiro atoms. The number of aromatic amines is 1. The fourth-order valence-electron chi connectivity index (χ4n) is 10.4. The standard InChI is InChI=1S/C54H63N3O9S2/c1-53(64)30-57-32-66-52-45(61)13-11-39-27-54(17-14-47(50(39)52)68-67-31-53,41-21-34(28-55-2)22-42(59)25-41)48(63)26-46(62)40(20-33-15-18-56-29-33)23-37-10-12-44(60)51(65-3)43(37)24-38-9-5-7-35-6-4-8-36(16-19-58)49(35)38/h4-13,15,18,21-22,25,29,40,46-47,55-62,64H,14,16-17,19-20,23-24,26-28,30-32H2,1-3H3. The van der Waals surface area contributed by atoms with Crippen LogP contribution in [-0.4, -0.2) is 92.9 Å². The summed E-state index contributed by atoms with van der Waals surface area (Å²) < 4.78 is 12.2. The minimum Gasteiger partial charge on any atom is -0.508 e. The van der Waals surface area contributed by atoms with Gasteiger partial charge in [0.15, 0.2) is 23.0 Å². The third kappa shape index (κ3) is 10.8. The Hall–Kier alpha value is -5.19. The Balaban J connectivity index is 1.19. The van der Waals surface area contributed by atoms with Crippen molar-refractivity contribution < 1.29 is 44.9 Å². The van der Waals surface area contributed by atoms with Crippen LogP contribution in [-0.2, 0) is 48.9 Å². The Labute approximate surface area is 405 Å².